The van der Waals surface area contributed by atoms with Crippen LogP contribution in [0.1, 0.15) is 35.6 Å². The Morgan fingerprint density at radius 1 is 0.778 bits per heavy atom. The van der Waals surface area contributed by atoms with Gasteiger partial charge in [0.25, 0.3) is 0 Å². The monoisotopic (exact) mass is 246 g/mol. The molecule has 4 heteroatoms. The van der Waals surface area contributed by atoms with Gasteiger partial charge in [0.1, 0.15) is 0 Å². The molecule has 0 N–H and O–H groups in total. The zero-order valence-electron chi connectivity index (χ0n) is 11.8. The molecule has 0 fully saturated rings. The van der Waals surface area contributed by atoms with Gasteiger partial charge < -0.3 is 0 Å². The van der Waals surface area contributed by atoms with E-state index >= 15 is 0 Å². The molecule has 0 unspecified atom stereocenters. The van der Waals surface area contributed by atoms with Crippen LogP contribution in [0.3, 0.4) is 0 Å². The second-order valence-electron chi connectivity index (χ2n) is 5.01. The summed E-state index contributed by atoms with van der Waals surface area (Å²) in [5.74, 6) is 0. The lowest BCUT2D eigenvalue weighted by Gasteiger charge is -2.06. The van der Waals surface area contributed by atoms with Crippen LogP contribution in [0, 0.1) is 27.7 Å². The van der Waals surface area contributed by atoms with E-state index in [0.717, 1.165) is 37.3 Å². The van der Waals surface area contributed by atoms with Crippen molar-refractivity contribution in [3.63, 3.8) is 0 Å². The zero-order chi connectivity index (χ0) is 13.1. The van der Waals surface area contributed by atoms with Crippen LogP contribution in [-0.4, -0.2) is 19.6 Å². The van der Waals surface area contributed by atoms with Crippen molar-refractivity contribution < 1.29 is 0 Å². The molecule has 2 aromatic heterocycles. The molecule has 0 amide bonds. The lowest BCUT2D eigenvalue weighted by Crippen LogP contribution is -2.06. The van der Waals surface area contributed by atoms with Gasteiger partial charge in [-0.05, 0) is 52.7 Å². The maximum atomic E-state index is 4.47. The van der Waals surface area contributed by atoms with Gasteiger partial charge in [-0.1, -0.05) is 0 Å². The maximum absolute atomic E-state index is 4.47. The standard InChI is InChI=1S/C14H22N4/c1-11-9-13(3)17(15-11)7-5-6-8-18-14(4)10-12(2)16-18/h9-10H,5-8H2,1-4H3. The normalized spacial score (nSPS) is 11.1. The van der Waals surface area contributed by atoms with Gasteiger partial charge in [0.05, 0.1) is 11.4 Å². The SMILES string of the molecule is Cc1cc(C)n(CCCCn2nc(C)cc2C)n1. The topological polar surface area (TPSA) is 35.6 Å². The molecule has 0 aliphatic rings. The summed E-state index contributed by atoms with van der Waals surface area (Å²) in [7, 11) is 0. The number of hydrogen-bond acceptors (Lipinski definition) is 2. The van der Waals surface area contributed by atoms with Crippen molar-refractivity contribution in [2.45, 2.75) is 53.6 Å². The lowest BCUT2D eigenvalue weighted by molar-refractivity contribution is 0.488. The quantitative estimate of drug-likeness (QED) is 0.760. The first kappa shape index (κ1) is 12.9. The minimum Gasteiger partial charge on any atom is -0.270 e. The first-order valence-corrected chi connectivity index (χ1v) is 6.58. The average Bonchev–Trinajstić information content (AvgIpc) is 2.77. The smallest absolute Gasteiger partial charge is 0.0596 e. The predicted octanol–water partition coefficient (Wildman–Crippen LogP) is 2.79. The van der Waals surface area contributed by atoms with Crippen molar-refractivity contribution in [3.05, 3.63) is 34.9 Å². The summed E-state index contributed by atoms with van der Waals surface area (Å²) in [6, 6.07) is 4.25. The minimum atomic E-state index is 0.999. The highest BCUT2D eigenvalue weighted by Gasteiger charge is 2.02. The summed E-state index contributed by atoms with van der Waals surface area (Å²) in [6.07, 6.45) is 2.28. The number of aromatic nitrogens is 4. The molecular formula is C14H22N4. The molecule has 0 bridgehead atoms. The third-order valence-corrected chi connectivity index (χ3v) is 3.20. The van der Waals surface area contributed by atoms with Gasteiger partial charge in [-0.15, -0.1) is 0 Å². The molecule has 0 saturated carbocycles. The highest BCUT2D eigenvalue weighted by atomic mass is 15.3. The number of unbranched alkanes of at least 4 members (excludes halogenated alkanes) is 1. The van der Waals surface area contributed by atoms with Gasteiger partial charge in [0.15, 0.2) is 0 Å². The third kappa shape index (κ3) is 3.00. The van der Waals surface area contributed by atoms with Crippen LogP contribution in [0.15, 0.2) is 12.1 Å². The van der Waals surface area contributed by atoms with Gasteiger partial charge >= 0.3 is 0 Å². The summed E-state index contributed by atoms with van der Waals surface area (Å²) in [4.78, 5) is 0. The average molecular weight is 246 g/mol. The fourth-order valence-electron chi connectivity index (χ4n) is 2.33. The van der Waals surface area contributed by atoms with Gasteiger partial charge in [-0.3, -0.25) is 9.36 Å². The fourth-order valence-corrected chi connectivity index (χ4v) is 2.33. The van der Waals surface area contributed by atoms with Gasteiger partial charge in [-0.25, -0.2) is 0 Å². The van der Waals surface area contributed by atoms with E-state index in [1.807, 2.05) is 13.8 Å². The van der Waals surface area contributed by atoms with E-state index in [1.165, 1.54) is 11.4 Å². The Morgan fingerprint density at radius 3 is 1.44 bits per heavy atom. The molecule has 18 heavy (non-hydrogen) atoms. The van der Waals surface area contributed by atoms with Crippen LogP contribution in [-0.2, 0) is 13.1 Å². The van der Waals surface area contributed by atoms with Crippen molar-refractivity contribution in [3.8, 4) is 0 Å². The molecule has 0 atom stereocenters. The lowest BCUT2D eigenvalue weighted by atomic mass is 10.3. The van der Waals surface area contributed by atoms with E-state index in [1.54, 1.807) is 0 Å². The Balaban J connectivity index is 1.79. The highest BCUT2D eigenvalue weighted by Crippen LogP contribution is 2.07. The summed E-state index contributed by atoms with van der Waals surface area (Å²) in [5.41, 5.74) is 4.70. The Labute approximate surface area is 109 Å². The van der Waals surface area contributed by atoms with Gasteiger partial charge in [0.2, 0.25) is 0 Å². The molecule has 0 aliphatic heterocycles. The van der Waals surface area contributed by atoms with E-state index < -0.39 is 0 Å². The predicted molar refractivity (Wildman–Crippen MR) is 72.6 cm³/mol. The van der Waals surface area contributed by atoms with Crippen LogP contribution < -0.4 is 0 Å². The third-order valence-electron chi connectivity index (χ3n) is 3.20. The molecule has 0 saturated heterocycles. The Hall–Kier alpha value is -1.58. The van der Waals surface area contributed by atoms with E-state index in [4.69, 9.17) is 0 Å². The fraction of sp³-hybridized carbons (Fsp3) is 0.571. The van der Waals surface area contributed by atoms with Crippen molar-refractivity contribution >= 4 is 0 Å². The second-order valence-corrected chi connectivity index (χ2v) is 5.01. The number of hydrogen-bond donors (Lipinski definition) is 0. The molecule has 4 nitrogen and oxygen atoms in total. The molecule has 2 rings (SSSR count). The van der Waals surface area contributed by atoms with E-state index in [9.17, 15) is 0 Å². The Morgan fingerprint density at radius 2 is 1.17 bits per heavy atom. The molecule has 0 radical (unpaired) electrons. The van der Waals surface area contributed by atoms with E-state index in [2.05, 4.69) is 45.5 Å². The Kier molecular flexibility index (Phi) is 3.84. The van der Waals surface area contributed by atoms with Crippen molar-refractivity contribution in [1.82, 2.24) is 19.6 Å². The van der Waals surface area contributed by atoms with Crippen molar-refractivity contribution in [1.29, 1.82) is 0 Å². The van der Waals surface area contributed by atoms with Crippen LogP contribution in [0.4, 0.5) is 0 Å². The largest absolute Gasteiger partial charge is 0.270 e. The van der Waals surface area contributed by atoms with Crippen LogP contribution in [0.2, 0.25) is 0 Å². The zero-order valence-corrected chi connectivity index (χ0v) is 11.8. The summed E-state index contributed by atoms with van der Waals surface area (Å²) >= 11 is 0. The summed E-state index contributed by atoms with van der Waals surface area (Å²) < 4.78 is 4.19. The number of aryl methyl sites for hydroxylation is 6. The van der Waals surface area contributed by atoms with Crippen LogP contribution >= 0.6 is 0 Å². The first-order chi connectivity index (χ1) is 8.56. The molecule has 98 valence electrons. The molecule has 2 heterocycles. The highest BCUT2D eigenvalue weighted by molar-refractivity contribution is 5.07. The summed E-state index contributed by atoms with van der Waals surface area (Å²) in [6.45, 7) is 10.3. The molecule has 2 aromatic rings. The molecule has 0 aliphatic carbocycles. The van der Waals surface area contributed by atoms with E-state index in [-0.39, 0.29) is 0 Å². The molecule has 0 spiro atoms. The number of rotatable bonds is 5. The Bertz CT molecular complexity index is 474. The number of nitrogens with zero attached hydrogens (tertiary/aromatic N) is 4. The van der Waals surface area contributed by atoms with Crippen LogP contribution in [0.5, 0.6) is 0 Å². The van der Waals surface area contributed by atoms with Gasteiger partial charge in [0, 0.05) is 24.5 Å². The maximum Gasteiger partial charge on any atom is 0.0596 e. The van der Waals surface area contributed by atoms with E-state index in [0.29, 0.717) is 0 Å². The van der Waals surface area contributed by atoms with Crippen molar-refractivity contribution in [2.75, 3.05) is 0 Å². The molecular weight excluding hydrogens is 224 g/mol. The summed E-state index contributed by atoms with van der Waals surface area (Å²) in [5, 5.41) is 8.94. The molecule has 0 aromatic carbocycles. The van der Waals surface area contributed by atoms with Gasteiger partial charge in [-0.2, -0.15) is 10.2 Å². The first-order valence-electron chi connectivity index (χ1n) is 6.58. The van der Waals surface area contributed by atoms with Crippen molar-refractivity contribution in [2.24, 2.45) is 0 Å². The van der Waals surface area contributed by atoms with Crippen LogP contribution in [0.25, 0.3) is 0 Å². The minimum absolute atomic E-state index is 0.999. The second kappa shape index (κ2) is 5.38.